The molecule has 0 atom stereocenters. The summed E-state index contributed by atoms with van der Waals surface area (Å²) < 4.78 is 30.1. The van der Waals surface area contributed by atoms with Gasteiger partial charge >= 0.3 is 0 Å². The maximum Gasteiger partial charge on any atom is 0.287 e. The molecular formula is C21H27IO3S. The molecule has 0 unspecified atom stereocenters. The highest BCUT2D eigenvalue weighted by atomic mass is 127. The van der Waals surface area contributed by atoms with Crippen LogP contribution in [0.3, 0.4) is 0 Å². The molecule has 0 aliphatic heterocycles. The van der Waals surface area contributed by atoms with E-state index in [1.54, 1.807) is 0 Å². The van der Waals surface area contributed by atoms with Crippen LogP contribution in [-0.4, -0.2) is 8.42 Å². The van der Waals surface area contributed by atoms with Crippen molar-refractivity contribution in [2.75, 3.05) is 0 Å². The maximum absolute atomic E-state index is 12.6. The number of halogens is 1. The third-order valence-corrected chi connectivity index (χ3v) is 7.34. The number of hydrogen-bond donors (Lipinski definition) is 0. The molecule has 2 aromatic carbocycles. The first kappa shape index (κ1) is 21.4. The molecule has 0 amide bonds. The number of hydrogen-bond acceptors (Lipinski definition) is 3. The van der Waals surface area contributed by atoms with Gasteiger partial charge in [0.05, 0.1) is 0 Å². The Labute approximate surface area is 172 Å². The summed E-state index contributed by atoms with van der Waals surface area (Å²) in [6.07, 6.45) is 0. The van der Waals surface area contributed by atoms with Crippen LogP contribution in [0.4, 0.5) is 0 Å². The Hall–Kier alpha value is -0.920. The van der Waals surface area contributed by atoms with Crippen LogP contribution < -0.4 is 0 Å². The second-order valence-electron chi connectivity index (χ2n) is 8.68. The van der Waals surface area contributed by atoms with Gasteiger partial charge in [0, 0.05) is 0 Å². The van der Waals surface area contributed by atoms with Gasteiger partial charge in [-0.2, -0.15) is 10.9 Å². The molecule has 0 heterocycles. The van der Waals surface area contributed by atoms with Gasteiger partial charge in [-0.05, 0) is 33.1 Å². The van der Waals surface area contributed by atoms with Gasteiger partial charge in [0.25, 0.3) is 10.1 Å². The second kappa shape index (κ2) is 7.60. The number of benzene rings is 2. The van der Waals surface area contributed by atoms with E-state index < -0.39 is 15.4 Å². The zero-order valence-corrected chi connectivity index (χ0v) is 19.2. The molecule has 0 spiro atoms. The van der Waals surface area contributed by atoms with Crippen LogP contribution >= 0.6 is 23.0 Å². The van der Waals surface area contributed by atoms with E-state index >= 15 is 0 Å². The minimum Gasteiger partial charge on any atom is -0.198 e. The van der Waals surface area contributed by atoms with E-state index in [9.17, 15) is 8.42 Å². The summed E-state index contributed by atoms with van der Waals surface area (Å²) in [5.74, 6) is 0. The summed E-state index contributed by atoms with van der Waals surface area (Å²) in [5, 5.41) is -0.845. The van der Waals surface area contributed by atoms with Crippen LogP contribution in [0.25, 0.3) is 0 Å². The van der Waals surface area contributed by atoms with E-state index in [2.05, 4.69) is 41.5 Å². The van der Waals surface area contributed by atoms with Crippen molar-refractivity contribution in [3.05, 3.63) is 70.8 Å². The Morgan fingerprint density at radius 3 is 1.27 bits per heavy atom. The van der Waals surface area contributed by atoms with Crippen molar-refractivity contribution >= 4 is 33.1 Å². The standard InChI is InChI=1S/C21H27IO3S/c1-20(2,3)17-11-7-15(8-12-17)19(26(23,24)25-22)16-9-13-18(14-10-16)21(4,5)6/h7-14,19H,1-6H3. The fraction of sp³-hybridized carbons (Fsp3) is 0.429. The van der Waals surface area contributed by atoms with E-state index in [1.807, 2.05) is 48.5 Å². The Bertz CT molecular complexity index is 783. The normalized spacial score (nSPS) is 13.2. The van der Waals surface area contributed by atoms with Crippen LogP contribution in [0.5, 0.6) is 0 Å². The maximum atomic E-state index is 12.6. The van der Waals surface area contributed by atoms with E-state index in [4.69, 9.17) is 2.51 Å². The molecule has 2 rings (SSSR count). The van der Waals surface area contributed by atoms with Crippen molar-refractivity contribution < 1.29 is 10.9 Å². The topological polar surface area (TPSA) is 43.4 Å². The Morgan fingerprint density at radius 1 is 0.731 bits per heavy atom. The third kappa shape index (κ3) is 4.87. The molecule has 0 fully saturated rings. The lowest BCUT2D eigenvalue weighted by Crippen LogP contribution is -2.16. The van der Waals surface area contributed by atoms with Gasteiger partial charge in [0.15, 0.2) is 0 Å². The molecule has 142 valence electrons. The lowest BCUT2D eigenvalue weighted by molar-refractivity contribution is 0.528. The summed E-state index contributed by atoms with van der Waals surface area (Å²) in [4.78, 5) is 0. The average molecular weight is 486 g/mol. The second-order valence-corrected chi connectivity index (χ2v) is 11.3. The molecule has 0 bridgehead atoms. The van der Waals surface area contributed by atoms with Gasteiger partial charge in [0.1, 0.15) is 28.3 Å². The summed E-state index contributed by atoms with van der Waals surface area (Å²) in [6, 6.07) is 15.5. The third-order valence-electron chi connectivity index (χ3n) is 4.54. The van der Waals surface area contributed by atoms with Gasteiger partial charge in [-0.1, -0.05) is 90.1 Å². The Morgan fingerprint density at radius 2 is 1.04 bits per heavy atom. The van der Waals surface area contributed by atoms with Crippen molar-refractivity contribution in [1.82, 2.24) is 0 Å². The van der Waals surface area contributed by atoms with E-state index in [0.29, 0.717) is 11.1 Å². The van der Waals surface area contributed by atoms with Crippen LogP contribution in [0.2, 0.25) is 0 Å². The smallest absolute Gasteiger partial charge is 0.198 e. The van der Waals surface area contributed by atoms with E-state index in [1.165, 1.54) is 23.0 Å². The fourth-order valence-corrected chi connectivity index (χ4v) is 4.55. The summed E-state index contributed by atoms with van der Waals surface area (Å²) >= 11 is 1.45. The van der Waals surface area contributed by atoms with Gasteiger partial charge < -0.3 is 0 Å². The van der Waals surface area contributed by atoms with Gasteiger partial charge in [-0.15, -0.1) is 0 Å². The first-order chi connectivity index (χ1) is 11.9. The quantitative estimate of drug-likeness (QED) is 0.493. The zero-order valence-electron chi connectivity index (χ0n) is 16.2. The molecule has 0 saturated carbocycles. The highest BCUT2D eigenvalue weighted by molar-refractivity contribution is 14.1. The van der Waals surface area contributed by atoms with Crippen LogP contribution in [0.1, 0.15) is 69.0 Å². The summed E-state index contributed by atoms with van der Waals surface area (Å²) in [7, 11) is -3.78. The minimum absolute atomic E-state index is 0.0149. The molecule has 0 aliphatic carbocycles. The molecule has 0 N–H and O–H groups in total. The first-order valence-electron chi connectivity index (χ1n) is 8.61. The highest BCUT2D eigenvalue weighted by Crippen LogP contribution is 2.35. The van der Waals surface area contributed by atoms with Crippen molar-refractivity contribution in [3.63, 3.8) is 0 Å². The Balaban J connectivity index is 2.52. The largest absolute Gasteiger partial charge is 0.287 e. The zero-order chi connectivity index (χ0) is 19.8. The highest BCUT2D eigenvalue weighted by Gasteiger charge is 2.30. The Kier molecular flexibility index (Phi) is 6.25. The molecule has 0 saturated heterocycles. The molecular weight excluding hydrogens is 459 g/mol. The molecule has 26 heavy (non-hydrogen) atoms. The van der Waals surface area contributed by atoms with E-state index in [0.717, 1.165) is 11.1 Å². The predicted octanol–water partition coefficient (Wildman–Crippen LogP) is 6.07. The monoisotopic (exact) mass is 486 g/mol. The van der Waals surface area contributed by atoms with Gasteiger partial charge in [-0.25, -0.2) is 0 Å². The predicted molar refractivity (Wildman–Crippen MR) is 116 cm³/mol. The molecule has 5 heteroatoms. The SMILES string of the molecule is CC(C)(C)c1ccc(C(c2ccc(C(C)(C)C)cc2)S(=O)(=O)OI)cc1. The molecule has 2 aromatic rings. The molecule has 3 nitrogen and oxygen atoms in total. The average Bonchev–Trinajstić information content (AvgIpc) is 2.54. The first-order valence-corrected chi connectivity index (χ1v) is 11.0. The fourth-order valence-electron chi connectivity index (χ4n) is 2.88. The molecule has 0 aliphatic rings. The number of rotatable bonds is 4. The summed E-state index contributed by atoms with van der Waals surface area (Å²) in [6.45, 7) is 12.8. The molecule has 0 aromatic heterocycles. The van der Waals surface area contributed by atoms with Gasteiger partial charge in [0.2, 0.25) is 0 Å². The van der Waals surface area contributed by atoms with Crippen molar-refractivity contribution in [2.45, 2.75) is 57.6 Å². The van der Waals surface area contributed by atoms with Crippen molar-refractivity contribution in [1.29, 1.82) is 0 Å². The van der Waals surface area contributed by atoms with E-state index in [-0.39, 0.29) is 10.8 Å². The van der Waals surface area contributed by atoms with Gasteiger partial charge in [-0.3, -0.25) is 0 Å². The lowest BCUT2D eigenvalue weighted by atomic mass is 9.85. The summed E-state index contributed by atoms with van der Waals surface area (Å²) in [5.41, 5.74) is 3.77. The van der Waals surface area contributed by atoms with Crippen molar-refractivity contribution in [2.24, 2.45) is 0 Å². The van der Waals surface area contributed by atoms with Crippen LogP contribution in [-0.2, 0) is 23.5 Å². The minimum atomic E-state index is -3.78. The van der Waals surface area contributed by atoms with Crippen molar-refractivity contribution in [3.8, 4) is 0 Å². The molecule has 0 radical (unpaired) electrons. The van der Waals surface area contributed by atoms with Crippen LogP contribution in [0, 0.1) is 0 Å². The van der Waals surface area contributed by atoms with Crippen LogP contribution in [0.15, 0.2) is 48.5 Å². The lowest BCUT2D eigenvalue weighted by Gasteiger charge is -2.22.